The summed E-state index contributed by atoms with van der Waals surface area (Å²) in [5, 5.41) is 3.15. The van der Waals surface area contributed by atoms with Gasteiger partial charge in [-0.15, -0.1) is 0 Å². The van der Waals surface area contributed by atoms with Crippen molar-refractivity contribution < 1.29 is 9.53 Å². The molecule has 6 heteroatoms. The third-order valence-corrected chi connectivity index (χ3v) is 3.04. The van der Waals surface area contributed by atoms with Crippen LogP contribution in [0.1, 0.15) is 10.4 Å². The lowest BCUT2D eigenvalue weighted by atomic mass is 10.2. The number of aromatic nitrogens is 1. The molecule has 1 aromatic heterocycles. The van der Waals surface area contributed by atoms with Crippen LogP contribution in [0, 0.1) is 0 Å². The first-order chi connectivity index (χ1) is 9.10. The van der Waals surface area contributed by atoms with Gasteiger partial charge < -0.3 is 10.1 Å². The molecule has 0 bridgehead atoms. The molecule has 19 heavy (non-hydrogen) atoms. The van der Waals surface area contributed by atoms with E-state index in [4.69, 9.17) is 16.3 Å². The van der Waals surface area contributed by atoms with Gasteiger partial charge in [0.15, 0.2) is 0 Å². The number of rotatable bonds is 3. The van der Waals surface area contributed by atoms with Gasteiger partial charge >= 0.3 is 0 Å². The number of carbonyl (C=O) groups excluding carboxylic acids is 1. The van der Waals surface area contributed by atoms with E-state index in [0.717, 1.165) is 0 Å². The molecule has 4 nitrogen and oxygen atoms in total. The minimum atomic E-state index is -0.329. The zero-order chi connectivity index (χ0) is 13.8. The molecule has 0 aliphatic heterocycles. The molecule has 1 aromatic carbocycles. The van der Waals surface area contributed by atoms with E-state index in [1.165, 1.54) is 7.11 Å². The fourth-order valence-corrected chi connectivity index (χ4v) is 2.03. The molecule has 0 aliphatic rings. The average Bonchev–Trinajstić information content (AvgIpc) is 2.38. The number of hydrogen-bond acceptors (Lipinski definition) is 3. The second kappa shape index (κ2) is 6.04. The second-order valence-corrected chi connectivity index (χ2v) is 4.89. The molecule has 0 saturated carbocycles. The maximum Gasteiger partial charge on any atom is 0.260 e. The van der Waals surface area contributed by atoms with Gasteiger partial charge in [-0.3, -0.25) is 4.79 Å². The quantitative estimate of drug-likeness (QED) is 0.865. The van der Waals surface area contributed by atoms with Crippen molar-refractivity contribution in [3.63, 3.8) is 0 Å². The first-order valence-electron chi connectivity index (χ1n) is 5.37. The maximum atomic E-state index is 12.2. The van der Waals surface area contributed by atoms with E-state index in [-0.39, 0.29) is 5.91 Å². The highest BCUT2D eigenvalue weighted by molar-refractivity contribution is 9.10. The number of nitrogens with one attached hydrogen (secondary N) is 1. The van der Waals surface area contributed by atoms with Gasteiger partial charge in [0.05, 0.1) is 12.7 Å². The monoisotopic (exact) mass is 340 g/mol. The lowest BCUT2D eigenvalue weighted by Crippen LogP contribution is -2.14. The Kier molecular flexibility index (Phi) is 4.39. The van der Waals surface area contributed by atoms with Crippen LogP contribution in [0.15, 0.2) is 41.0 Å². The SMILES string of the molecule is COc1ccc(Cl)cc1C(=O)Nc1cccc(Br)n1. The molecule has 0 unspecified atom stereocenters. The summed E-state index contributed by atoms with van der Waals surface area (Å²) in [7, 11) is 1.50. The van der Waals surface area contributed by atoms with E-state index in [1.807, 2.05) is 0 Å². The predicted octanol–water partition coefficient (Wildman–Crippen LogP) is 3.76. The van der Waals surface area contributed by atoms with Crippen LogP contribution in [0.2, 0.25) is 5.02 Å². The Morgan fingerprint density at radius 1 is 1.37 bits per heavy atom. The molecule has 0 aliphatic carbocycles. The molecule has 2 rings (SSSR count). The number of benzene rings is 1. The fourth-order valence-electron chi connectivity index (χ4n) is 1.52. The molecule has 0 spiro atoms. The molecule has 2 aromatic rings. The normalized spacial score (nSPS) is 10.1. The predicted molar refractivity (Wildman–Crippen MR) is 77.9 cm³/mol. The second-order valence-electron chi connectivity index (χ2n) is 3.64. The van der Waals surface area contributed by atoms with E-state index in [0.29, 0.717) is 26.8 Å². The van der Waals surface area contributed by atoms with Gasteiger partial charge in [0.2, 0.25) is 0 Å². The van der Waals surface area contributed by atoms with Crippen molar-refractivity contribution in [1.82, 2.24) is 4.98 Å². The fraction of sp³-hybridized carbons (Fsp3) is 0.0769. The number of anilines is 1. The van der Waals surface area contributed by atoms with Crippen LogP contribution < -0.4 is 10.1 Å². The van der Waals surface area contributed by atoms with Crippen molar-refractivity contribution in [1.29, 1.82) is 0 Å². The molecule has 0 fully saturated rings. The average molecular weight is 342 g/mol. The van der Waals surface area contributed by atoms with Gasteiger partial charge in [0, 0.05) is 5.02 Å². The molecular weight excluding hydrogens is 332 g/mol. The van der Waals surface area contributed by atoms with Gasteiger partial charge in [-0.25, -0.2) is 4.98 Å². The van der Waals surface area contributed by atoms with Gasteiger partial charge in [0.25, 0.3) is 5.91 Å². The third kappa shape index (κ3) is 3.45. The molecular formula is C13H10BrClN2O2. The summed E-state index contributed by atoms with van der Waals surface area (Å²) in [5.74, 6) is 0.572. The lowest BCUT2D eigenvalue weighted by Gasteiger charge is -2.09. The summed E-state index contributed by atoms with van der Waals surface area (Å²) >= 11 is 9.13. The highest BCUT2D eigenvalue weighted by atomic mass is 79.9. The summed E-state index contributed by atoms with van der Waals surface area (Å²) in [6.07, 6.45) is 0. The van der Waals surface area contributed by atoms with E-state index in [9.17, 15) is 4.79 Å². The number of halogens is 2. The van der Waals surface area contributed by atoms with Crippen molar-refractivity contribution in [2.75, 3.05) is 12.4 Å². The first-order valence-corrected chi connectivity index (χ1v) is 6.54. The number of hydrogen-bond donors (Lipinski definition) is 1. The molecule has 0 saturated heterocycles. The summed E-state index contributed by atoms with van der Waals surface area (Å²) in [6.45, 7) is 0. The molecule has 0 radical (unpaired) electrons. The Labute approximate surface area is 123 Å². The number of pyridine rings is 1. The number of methoxy groups -OCH3 is 1. The molecule has 98 valence electrons. The van der Waals surface area contributed by atoms with E-state index in [1.54, 1.807) is 36.4 Å². The van der Waals surface area contributed by atoms with Crippen molar-refractivity contribution >= 4 is 39.3 Å². The topological polar surface area (TPSA) is 51.2 Å². The van der Waals surface area contributed by atoms with Crippen LogP contribution in [-0.4, -0.2) is 18.0 Å². The molecule has 1 heterocycles. The van der Waals surface area contributed by atoms with Crippen LogP contribution in [0.25, 0.3) is 0 Å². The smallest absolute Gasteiger partial charge is 0.260 e. The Balaban J connectivity index is 2.27. The minimum absolute atomic E-state index is 0.329. The van der Waals surface area contributed by atoms with Gasteiger partial charge in [-0.1, -0.05) is 17.7 Å². The van der Waals surface area contributed by atoms with E-state index < -0.39 is 0 Å². The Bertz CT molecular complexity index is 619. The third-order valence-electron chi connectivity index (χ3n) is 2.36. The highest BCUT2D eigenvalue weighted by Crippen LogP contribution is 2.23. The van der Waals surface area contributed by atoms with Crippen molar-refractivity contribution in [2.45, 2.75) is 0 Å². The number of ether oxygens (including phenoxy) is 1. The number of amides is 1. The van der Waals surface area contributed by atoms with Gasteiger partial charge in [-0.05, 0) is 46.3 Å². The van der Waals surface area contributed by atoms with E-state index in [2.05, 4.69) is 26.2 Å². The summed E-state index contributed by atoms with van der Waals surface area (Å²) < 4.78 is 5.78. The summed E-state index contributed by atoms with van der Waals surface area (Å²) in [5.41, 5.74) is 0.358. The van der Waals surface area contributed by atoms with Crippen LogP contribution >= 0.6 is 27.5 Å². The number of nitrogens with zero attached hydrogens (tertiary/aromatic N) is 1. The Morgan fingerprint density at radius 2 is 2.16 bits per heavy atom. The largest absolute Gasteiger partial charge is 0.496 e. The van der Waals surface area contributed by atoms with E-state index >= 15 is 0 Å². The van der Waals surface area contributed by atoms with Crippen LogP contribution in [0.3, 0.4) is 0 Å². The molecule has 1 N–H and O–H groups in total. The zero-order valence-electron chi connectivity index (χ0n) is 9.98. The first kappa shape index (κ1) is 13.8. The standard InChI is InChI=1S/C13H10BrClN2O2/c1-19-10-6-5-8(15)7-9(10)13(18)17-12-4-2-3-11(14)16-12/h2-7H,1H3,(H,16,17,18). The van der Waals surface area contributed by atoms with Gasteiger partial charge in [0.1, 0.15) is 16.2 Å². The Hall–Kier alpha value is -1.59. The zero-order valence-corrected chi connectivity index (χ0v) is 12.3. The van der Waals surface area contributed by atoms with Crippen LogP contribution in [0.5, 0.6) is 5.75 Å². The summed E-state index contributed by atoms with van der Waals surface area (Å²) in [6, 6.07) is 10.1. The number of carbonyl (C=O) groups is 1. The Morgan fingerprint density at radius 3 is 2.84 bits per heavy atom. The highest BCUT2D eigenvalue weighted by Gasteiger charge is 2.13. The van der Waals surface area contributed by atoms with Crippen molar-refractivity contribution in [2.24, 2.45) is 0 Å². The van der Waals surface area contributed by atoms with Crippen molar-refractivity contribution in [3.05, 3.63) is 51.6 Å². The van der Waals surface area contributed by atoms with Gasteiger partial charge in [-0.2, -0.15) is 0 Å². The molecule has 0 atom stereocenters. The van der Waals surface area contributed by atoms with Crippen LogP contribution in [-0.2, 0) is 0 Å². The van der Waals surface area contributed by atoms with Crippen molar-refractivity contribution in [3.8, 4) is 5.75 Å². The maximum absolute atomic E-state index is 12.2. The minimum Gasteiger partial charge on any atom is -0.496 e. The molecule has 1 amide bonds. The van der Waals surface area contributed by atoms with Crippen LogP contribution in [0.4, 0.5) is 5.82 Å². The lowest BCUT2D eigenvalue weighted by molar-refractivity contribution is 0.102. The summed E-state index contributed by atoms with van der Waals surface area (Å²) in [4.78, 5) is 16.3.